The molecule has 0 aliphatic carbocycles. The molecular weight excluding hydrogens is 390 g/mol. The summed E-state index contributed by atoms with van der Waals surface area (Å²) in [4.78, 5) is 0. The third kappa shape index (κ3) is 5.73. The van der Waals surface area contributed by atoms with Gasteiger partial charge in [0.05, 0.1) is 0 Å². The van der Waals surface area contributed by atoms with Crippen molar-refractivity contribution in [3.8, 4) is 0 Å². The minimum absolute atomic E-state index is 0. The number of rotatable bonds is 1. The summed E-state index contributed by atoms with van der Waals surface area (Å²) in [7, 11) is 0.0576. The molecule has 0 unspecified atom stereocenters. The predicted octanol–water partition coefficient (Wildman–Crippen LogP) is -0.510. The first-order valence-corrected chi connectivity index (χ1v) is 9.41. The number of halogens is 2. The maximum Gasteiger partial charge on any atom is 4.00 e. The van der Waals surface area contributed by atoms with Gasteiger partial charge in [0.15, 0.2) is 0 Å². The predicted molar refractivity (Wildman–Crippen MR) is 97.5 cm³/mol. The Balaban J connectivity index is 0.000000402. The van der Waals surface area contributed by atoms with Crippen LogP contribution in [0.15, 0.2) is 78.9 Å². The minimum Gasteiger partial charge on any atom is -1.00 e. The van der Waals surface area contributed by atoms with Gasteiger partial charge in [0.25, 0.3) is 0 Å². The van der Waals surface area contributed by atoms with Gasteiger partial charge in [-0.3, -0.25) is 0 Å². The van der Waals surface area contributed by atoms with Gasteiger partial charge in [-0.1, -0.05) is 12.1 Å². The third-order valence-electron chi connectivity index (χ3n) is 3.67. The molecule has 0 atom stereocenters. The van der Waals surface area contributed by atoms with Crippen molar-refractivity contribution in [3.05, 3.63) is 78.9 Å². The molecular formula is C20H19Cl2PTi. The van der Waals surface area contributed by atoms with Crippen molar-refractivity contribution in [2.24, 2.45) is 0 Å². The molecule has 0 aliphatic rings. The summed E-state index contributed by atoms with van der Waals surface area (Å²) < 4.78 is 0. The first-order chi connectivity index (χ1) is 10.2. The number of benzene rings is 2. The van der Waals surface area contributed by atoms with Crippen molar-refractivity contribution < 1.29 is 46.5 Å². The normalized spacial score (nSPS) is 9.46. The zero-order chi connectivity index (χ0) is 14.7. The zero-order valence-corrected chi connectivity index (χ0v) is 17.7. The van der Waals surface area contributed by atoms with Crippen molar-refractivity contribution in [3.63, 3.8) is 0 Å². The van der Waals surface area contributed by atoms with Crippen molar-refractivity contribution in [1.29, 1.82) is 0 Å². The Bertz CT molecular complexity index is 785. The minimum atomic E-state index is 0. The number of fused-ring (bicyclic) bond motifs is 2. The van der Waals surface area contributed by atoms with E-state index in [1.54, 1.807) is 0 Å². The van der Waals surface area contributed by atoms with Crippen LogP contribution in [0.2, 0.25) is 0 Å². The van der Waals surface area contributed by atoms with Gasteiger partial charge in [0.2, 0.25) is 0 Å². The third-order valence-corrected chi connectivity index (χ3v) is 4.96. The first-order valence-electron chi connectivity index (χ1n) is 7.17. The maximum absolute atomic E-state index is 2.31. The fourth-order valence-electron chi connectivity index (χ4n) is 2.46. The second-order valence-electron chi connectivity index (χ2n) is 5.39. The van der Waals surface area contributed by atoms with Gasteiger partial charge in [-0.15, -0.1) is 77.9 Å². The Labute approximate surface area is 172 Å². The Kier molecular flexibility index (Phi) is 10.8. The average molecular weight is 409 g/mol. The Morgan fingerprint density at radius 1 is 0.750 bits per heavy atom. The van der Waals surface area contributed by atoms with Gasteiger partial charge in [-0.2, -0.15) is 23.6 Å². The Morgan fingerprint density at radius 3 is 1.92 bits per heavy atom. The van der Waals surface area contributed by atoms with E-state index < -0.39 is 0 Å². The number of hydrogen-bond acceptors (Lipinski definition) is 0. The molecule has 0 nitrogen and oxygen atoms in total. The van der Waals surface area contributed by atoms with Crippen LogP contribution in [0.1, 0.15) is 0 Å². The second kappa shape index (κ2) is 11.1. The summed E-state index contributed by atoms with van der Waals surface area (Å²) in [6, 6.07) is 27.8. The average Bonchev–Trinajstić information content (AvgIpc) is 3.14. The molecule has 4 aromatic carbocycles. The van der Waals surface area contributed by atoms with E-state index in [1.807, 2.05) is 0 Å². The monoisotopic (exact) mass is 408 g/mol. The van der Waals surface area contributed by atoms with Gasteiger partial charge in [0, 0.05) is 0 Å². The van der Waals surface area contributed by atoms with Gasteiger partial charge in [0.1, 0.15) is 0 Å². The summed E-state index contributed by atoms with van der Waals surface area (Å²) in [5.74, 6) is 0. The molecule has 0 amide bonds. The molecule has 4 rings (SSSR count). The van der Waals surface area contributed by atoms with E-state index >= 15 is 0 Å². The van der Waals surface area contributed by atoms with Crippen molar-refractivity contribution in [2.45, 2.75) is 0 Å². The second-order valence-corrected chi connectivity index (χ2v) is 7.70. The molecule has 0 aliphatic heterocycles. The smallest absolute Gasteiger partial charge is 1.00 e. The van der Waals surface area contributed by atoms with Gasteiger partial charge in [-0.25, -0.2) is 0 Å². The summed E-state index contributed by atoms with van der Waals surface area (Å²) in [6.07, 6.45) is 0. The molecule has 122 valence electrons. The molecule has 4 aromatic rings. The van der Waals surface area contributed by atoms with Gasteiger partial charge in [-0.05, 0) is 13.3 Å². The van der Waals surface area contributed by atoms with Gasteiger partial charge < -0.3 is 24.8 Å². The summed E-state index contributed by atoms with van der Waals surface area (Å²) >= 11 is 0. The largest absolute Gasteiger partial charge is 4.00 e. The van der Waals surface area contributed by atoms with Crippen LogP contribution in [0.25, 0.3) is 21.5 Å². The Hall–Kier alpha value is -0.616. The van der Waals surface area contributed by atoms with Crippen LogP contribution in [0.3, 0.4) is 0 Å². The molecule has 0 radical (unpaired) electrons. The van der Waals surface area contributed by atoms with Crippen LogP contribution in [-0.4, -0.2) is 13.3 Å². The SMILES string of the molecule is CP(C)c1cc2ccccc2[cH-]1.[Cl-].[Cl-].[Ti+4].c1ccc2[cH-]ccc2c1. The van der Waals surface area contributed by atoms with Gasteiger partial charge >= 0.3 is 21.7 Å². The van der Waals surface area contributed by atoms with Crippen molar-refractivity contribution in [1.82, 2.24) is 0 Å². The van der Waals surface area contributed by atoms with Crippen LogP contribution in [0.5, 0.6) is 0 Å². The summed E-state index contributed by atoms with van der Waals surface area (Å²) in [5, 5.41) is 6.92. The standard InChI is InChI=1S/C11H12P.C9H7.2ClH.Ti/c1-12(2)11-7-9-5-3-4-6-10(9)8-11;1-2-5-9-7-3-6-8(9)4-1;;;/h3-8H,1-2H3;1-7H;2*1H;/q2*-1;;;+4/p-2. The molecule has 0 fully saturated rings. The first kappa shape index (κ1) is 23.4. The molecule has 0 spiro atoms. The number of hydrogen-bond donors (Lipinski definition) is 0. The molecule has 0 saturated heterocycles. The molecule has 0 heterocycles. The van der Waals surface area contributed by atoms with E-state index in [0.717, 1.165) is 0 Å². The van der Waals surface area contributed by atoms with E-state index in [1.165, 1.54) is 26.8 Å². The molecule has 0 saturated carbocycles. The topological polar surface area (TPSA) is 0 Å². The van der Waals surface area contributed by atoms with Crippen LogP contribution >= 0.6 is 7.92 Å². The van der Waals surface area contributed by atoms with Crippen LogP contribution in [-0.2, 0) is 21.7 Å². The van der Waals surface area contributed by atoms with Crippen molar-refractivity contribution in [2.75, 3.05) is 13.3 Å². The van der Waals surface area contributed by atoms with Crippen LogP contribution in [0.4, 0.5) is 0 Å². The fraction of sp³-hybridized carbons (Fsp3) is 0.100. The van der Waals surface area contributed by atoms with Crippen LogP contribution < -0.4 is 30.1 Å². The Morgan fingerprint density at radius 2 is 1.33 bits per heavy atom. The van der Waals surface area contributed by atoms with E-state index in [2.05, 4.69) is 92.2 Å². The molecule has 24 heavy (non-hydrogen) atoms. The van der Waals surface area contributed by atoms with E-state index in [0.29, 0.717) is 0 Å². The molecule has 0 aromatic heterocycles. The zero-order valence-electron chi connectivity index (χ0n) is 13.7. The fourth-order valence-corrected chi connectivity index (χ4v) is 3.26. The van der Waals surface area contributed by atoms with E-state index in [4.69, 9.17) is 0 Å². The molecule has 0 bridgehead atoms. The van der Waals surface area contributed by atoms with Crippen LogP contribution in [0, 0.1) is 0 Å². The quantitative estimate of drug-likeness (QED) is 0.226. The summed E-state index contributed by atoms with van der Waals surface area (Å²) in [5.41, 5.74) is 0. The molecule has 0 N–H and O–H groups in total. The van der Waals surface area contributed by atoms with Crippen molar-refractivity contribution >= 4 is 34.8 Å². The maximum atomic E-state index is 2.31. The van der Waals surface area contributed by atoms with E-state index in [9.17, 15) is 0 Å². The molecule has 4 heteroatoms. The summed E-state index contributed by atoms with van der Waals surface area (Å²) in [6.45, 7) is 4.59. The van der Waals surface area contributed by atoms with E-state index in [-0.39, 0.29) is 54.5 Å².